The molecule has 26 heavy (non-hydrogen) atoms. The molecule has 2 aromatic rings. The maximum Gasteiger partial charge on any atom is 0.313 e. The Bertz CT molecular complexity index is 776. The molecule has 2 unspecified atom stereocenters. The average molecular weight is 359 g/mol. The predicted octanol–water partition coefficient (Wildman–Crippen LogP) is 2.22. The van der Waals surface area contributed by atoms with Gasteiger partial charge in [-0.05, 0) is 55.5 Å². The molecule has 0 saturated heterocycles. The van der Waals surface area contributed by atoms with Crippen molar-refractivity contribution in [3.05, 3.63) is 48.5 Å². The van der Waals surface area contributed by atoms with E-state index in [1.165, 1.54) is 12.1 Å². The van der Waals surface area contributed by atoms with Gasteiger partial charge in [0, 0.05) is 24.6 Å². The Morgan fingerprint density at radius 2 is 1.96 bits per heavy atom. The minimum Gasteiger partial charge on any atom is -0.393 e. The van der Waals surface area contributed by atoms with Crippen molar-refractivity contribution in [1.29, 1.82) is 0 Å². The fourth-order valence-electron chi connectivity index (χ4n) is 3.22. The van der Waals surface area contributed by atoms with Crippen molar-refractivity contribution >= 4 is 17.5 Å². The van der Waals surface area contributed by atoms with Crippen LogP contribution in [0.3, 0.4) is 0 Å². The lowest BCUT2D eigenvalue weighted by Crippen LogP contribution is -2.39. The molecule has 1 aliphatic carbocycles. The second-order valence-corrected chi connectivity index (χ2v) is 6.61. The number of rotatable bonds is 4. The second kappa shape index (κ2) is 8.14. The third kappa shape index (κ3) is 4.49. The van der Waals surface area contributed by atoms with E-state index in [1.54, 1.807) is 23.0 Å². The van der Waals surface area contributed by atoms with Crippen molar-refractivity contribution in [3.63, 3.8) is 0 Å². The number of carbonyl (C=O) groups is 2. The van der Waals surface area contributed by atoms with Crippen molar-refractivity contribution in [2.24, 2.45) is 5.92 Å². The van der Waals surface area contributed by atoms with E-state index in [9.17, 15) is 19.1 Å². The van der Waals surface area contributed by atoms with E-state index in [4.69, 9.17) is 0 Å². The van der Waals surface area contributed by atoms with Crippen LogP contribution in [0.2, 0.25) is 0 Å². The quantitative estimate of drug-likeness (QED) is 0.732. The number of hydrogen-bond acceptors (Lipinski definition) is 3. The molecule has 3 N–H and O–H groups in total. The van der Waals surface area contributed by atoms with Crippen molar-refractivity contribution < 1.29 is 19.1 Å². The summed E-state index contributed by atoms with van der Waals surface area (Å²) in [6.07, 6.45) is 6.47. The van der Waals surface area contributed by atoms with Crippen LogP contribution in [0.15, 0.2) is 42.7 Å². The molecule has 2 atom stereocenters. The van der Waals surface area contributed by atoms with Gasteiger partial charge in [-0.3, -0.25) is 9.59 Å². The molecular weight excluding hydrogens is 337 g/mol. The molecule has 3 rings (SSSR count). The van der Waals surface area contributed by atoms with E-state index in [0.29, 0.717) is 18.7 Å². The molecule has 1 fully saturated rings. The topological polar surface area (TPSA) is 83.4 Å². The summed E-state index contributed by atoms with van der Waals surface area (Å²) in [4.78, 5) is 24.0. The summed E-state index contributed by atoms with van der Waals surface area (Å²) in [6, 6.07) is 7.96. The smallest absolute Gasteiger partial charge is 0.313 e. The van der Waals surface area contributed by atoms with Gasteiger partial charge in [0.2, 0.25) is 0 Å². The van der Waals surface area contributed by atoms with Crippen LogP contribution in [0, 0.1) is 11.7 Å². The molecule has 7 heteroatoms. The highest BCUT2D eigenvalue weighted by Gasteiger charge is 2.22. The number of carbonyl (C=O) groups excluding carboxylic acids is 2. The summed E-state index contributed by atoms with van der Waals surface area (Å²) >= 11 is 0. The van der Waals surface area contributed by atoms with Gasteiger partial charge in [-0.25, -0.2) is 4.39 Å². The molecular formula is C19H22FN3O3. The predicted molar refractivity (Wildman–Crippen MR) is 95.3 cm³/mol. The minimum absolute atomic E-state index is 0.0514. The number of aromatic nitrogens is 1. The first kappa shape index (κ1) is 18.1. The summed E-state index contributed by atoms with van der Waals surface area (Å²) < 4.78 is 15.7. The maximum atomic E-state index is 14.0. The van der Waals surface area contributed by atoms with Gasteiger partial charge in [0.15, 0.2) is 0 Å². The zero-order valence-electron chi connectivity index (χ0n) is 14.3. The standard InChI is InChI=1S/C19H22FN3O3/c20-16-7-6-14(23-8-1-2-9-23)11-17(16)22-19(26)18(25)21-12-13-4-3-5-15(24)10-13/h1-2,6-9,11,13,15,24H,3-5,10,12H2,(H,21,25)(H,22,26). The zero-order chi connectivity index (χ0) is 18.5. The van der Waals surface area contributed by atoms with Crippen molar-refractivity contribution in [3.8, 4) is 5.69 Å². The van der Waals surface area contributed by atoms with Crippen LogP contribution in [-0.2, 0) is 9.59 Å². The summed E-state index contributed by atoms with van der Waals surface area (Å²) in [5, 5.41) is 14.5. The van der Waals surface area contributed by atoms with Crippen LogP contribution < -0.4 is 10.6 Å². The maximum absolute atomic E-state index is 14.0. The van der Waals surface area contributed by atoms with E-state index < -0.39 is 17.6 Å². The van der Waals surface area contributed by atoms with Crippen molar-refractivity contribution in [2.75, 3.05) is 11.9 Å². The summed E-state index contributed by atoms with van der Waals surface area (Å²) in [6.45, 7) is 0.329. The van der Waals surface area contributed by atoms with E-state index in [-0.39, 0.29) is 17.7 Å². The number of amides is 2. The second-order valence-electron chi connectivity index (χ2n) is 6.61. The molecule has 1 aromatic heterocycles. The van der Waals surface area contributed by atoms with Crippen LogP contribution in [0.5, 0.6) is 0 Å². The van der Waals surface area contributed by atoms with Gasteiger partial charge < -0.3 is 20.3 Å². The highest BCUT2D eigenvalue weighted by molar-refractivity contribution is 6.39. The highest BCUT2D eigenvalue weighted by atomic mass is 19.1. The molecule has 1 aromatic carbocycles. The van der Waals surface area contributed by atoms with Gasteiger partial charge in [-0.2, -0.15) is 0 Å². The first-order valence-corrected chi connectivity index (χ1v) is 8.73. The van der Waals surface area contributed by atoms with Crippen molar-refractivity contribution in [2.45, 2.75) is 31.8 Å². The number of halogens is 1. The molecule has 2 amide bonds. The molecule has 1 saturated carbocycles. The van der Waals surface area contributed by atoms with Gasteiger partial charge in [0.05, 0.1) is 11.8 Å². The summed E-state index contributed by atoms with van der Waals surface area (Å²) in [7, 11) is 0. The molecule has 0 spiro atoms. The fraction of sp³-hybridized carbons (Fsp3) is 0.368. The van der Waals surface area contributed by atoms with Crippen LogP contribution in [0.4, 0.5) is 10.1 Å². The number of nitrogens with one attached hydrogen (secondary N) is 2. The number of anilines is 1. The minimum atomic E-state index is -0.912. The molecule has 0 bridgehead atoms. The van der Waals surface area contributed by atoms with Crippen LogP contribution >= 0.6 is 0 Å². The normalized spacial score (nSPS) is 19.8. The van der Waals surface area contributed by atoms with Crippen LogP contribution in [0.1, 0.15) is 25.7 Å². The number of nitrogens with zero attached hydrogens (tertiary/aromatic N) is 1. The molecule has 0 radical (unpaired) electrons. The molecule has 0 aliphatic heterocycles. The van der Waals surface area contributed by atoms with E-state index in [2.05, 4.69) is 10.6 Å². The number of benzene rings is 1. The van der Waals surface area contributed by atoms with E-state index >= 15 is 0 Å². The largest absolute Gasteiger partial charge is 0.393 e. The van der Waals surface area contributed by atoms with E-state index in [0.717, 1.165) is 19.3 Å². The Kier molecular flexibility index (Phi) is 5.68. The zero-order valence-corrected chi connectivity index (χ0v) is 14.3. The number of aliphatic hydroxyl groups is 1. The molecule has 1 heterocycles. The Morgan fingerprint density at radius 3 is 2.69 bits per heavy atom. The lowest BCUT2D eigenvalue weighted by molar-refractivity contribution is -0.136. The SMILES string of the molecule is O=C(NCC1CCCC(O)C1)C(=O)Nc1cc(-n2cccc2)ccc1F. The third-order valence-corrected chi connectivity index (χ3v) is 4.61. The van der Waals surface area contributed by atoms with Gasteiger partial charge in [-0.15, -0.1) is 0 Å². The monoisotopic (exact) mass is 359 g/mol. The summed E-state index contributed by atoms with van der Waals surface area (Å²) in [5.41, 5.74) is 0.618. The number of hydrogen-bond donors (Lipinski definition) is 3. The van der Waals surface area contributed by atoms with Gasteiger partial charge in [-0.1, -0.05) is 6.42 Å². The Morgan fingerprint density at radius 1 is 1.19 bits per heavy atom. The average Bonchev–Trinajstić information content (AvgIpc) is 3.16. The third-order valence-electron chi connectivity index (χ3n) is 4.61. The van der Waals surface area contributed by atoms with Crippen LogP contribution in [0.25, 0.3) is 5.69 Å². The summed E-state index contributed by atoms with van der Waals surface area (Å²) in [5.74, 6) is -2.18. The van der Waals surface area contributed by atoms with Crippen molar-refractivity contribution in [1.82, 2.24) is 9.88 Å². The van der Waals surface area contributed by atoms with Crippen LogP contribution in [-0.4, -0.2) is 34.1 Å². The molecule has 138 valence electrons. The first-order valence-electron chi connectivity index (χ1n) is 8.73. The first-order chi connectivity index (χ1) is 12.5. The van der Waals surface area contributed by atoms with Gasteiger partial charge in [0.1, 0.15) is 5.82 Å². The van der Waals surface area contributed by atoms with E-state index in [1.807, 2.05) is 12.1 Å². The van der Waals surface area contributed by atoms with Gasteiger partial charge in [0.25, 0.3) is 0 Å². The Labute approximate surface area is 151 Å². The molecule has 1 aliphatic rings. The molecule has 6 nitrogen and oxygen atoms in total. The fourth-order valence-corrected chi connectivity index (χ4v) is 3.22. The highest BCUT2D eigenvalue weighted by Crippen LogP contribution is 2.23. The Balaban J connectivity index is 1.58. The lowest BCUT2D eigenvalue weighted by Gasteiger charge is -2.25. The Hall–Kier alpha value is -2.67. The lowest BCUT2D eigenvalue weighted by atomic mass is 9.87. The number of aliphatic hydroxyl groups excluding tert-OH is 1. The van der Waals surface area contributed by atoms with Gasteiger partial charge >= 0.3 is 11.8 Å².